The maximum Gasteiger partial charge on any atom is 0.412 e. The summed E-state index contributed by atoms with van der Waals surface area (Å²) in [5.41, 5.74) is 4.33. The number of rotatable bonds is 9. The van der Waals surface area contributed by atoms with Gasteiger partial charge in [0.05, 0.1) is 0 Å². The maximum atomic E-state index is 14.1. The molecule has 1 saturated heterocycles. The second-order valence-electron chi connectivity index (χ2n) is 21.7. The molecule has 1 aliphatic carbocycles. The molecule has 0 spiro atoms. The van der Waals surface area contributed by atoms with E-state index in [1.807, 2.05) is 19.9 Å². The monoisotopic (exact) mass is 788 g/mol. The van der Waals surface area contributed by atoms with E-state index in [2.05, 4.69) is 137 Å². The lowest BCUT2D eigenvalue weighted by atomic mass is 9.62. The van der Waals surface area contributed by atoms with Gasteiger partial charge in [-0.1, -0.05) is 104 Å². The minimum Gasteiger partial charge on any atom is -0.446 e. The molecule has 0 radical (unpaired) electrons. The molecule has 1 aliphatic heterocycles. The molecule has 2 aliphatic rings. The number of esters is 1. The summed E-state index contributed by atoms with van der Waals surface area (Å²) in [6.45, 7) is 36.1. The fourth-order valence-corrected chi connectivity index (χ4v) is 9.66. The van der Waals surface area contributed by atoms with Gasteiger partial charge in [-0.25, -0.2) is 14.4 Å². The lowest BCUT2D eigenvalue weighted by molar-refractivity contribution is -0.129. The fraction of sp³-hybridized carbons (Fsp3) is 0.646. The summed E-state index contributed by atoms with van der Waals surface area (Å²) in [5.74, 6) is 0.487. The van der Waals surface area contributed by atoms with Crippen molar-refractivity contribution in [3.8, 4) is 11.5 Å². The van der Waals surface area contributed by atoms with E-state index in [-0.39, 0.29) is 44.9 Å². The van der Waals surface area contributed by atoms with Gasteiger partial charge in [-0.05, 0) is 89.5 Å². The standard InChI is InChI=1S/C48H73N3O6/c1-18-38(52)56-39-32(19-30(2)21-36(39)43(4,5)6)23-33-20-31(3)22-37(44(7,8)9)40(33)57-42(54)50-34-24-45(10,11)28-48(16,25-34)29-49-41(53)55-35-26-46(12,13)51(17)47(14,15)27-35/h18-22,34-35H,1,23-29H2,2-17H3,(H,49,53)(H,50,54). The van der Waals surface area contributed by atoms with Crippen LogP contribution in [0.3, 0.4) is 0 Å². The van der Waals surface area contributed by atoms with Gasteiger partial charge in [0, 0.05) is 71.3 Å². The van der Waals surface area contributed by atoms with Crippen LogP contribution in [0, 0.1) is 24.7 Å². The Labute approximate surface area is 344 Å². The first kappa shape index (κ1) is 45.8. The van der Waals surface area contributed by atoms with Crippen LogP contribution in [-0.2, 0) is 26.8 Å². The predicted octanol–water partition coefficient (Wildman–Crippen LogP) is 10.6. The normalized spacial score (nSPS) is 22.3. The highest BCUT2D eigenvalue weighted by Crippen LogP contribution is 2.46. The Morgan fingerprint density at radius 3 is 1.74 bits per heavy atom. The largest absolute Gasteiger partial charge is 0.446 e. The maximum absolute atomic E-state index is 14.1. The van der Waals surface area contributed by atoms with Crippen molar-refractivity contribution in [2.75, 3.05) is 13.6 Å². The number of piperidine rings is 1. The van der Waals surface area contributed by atoms with Crippen molar-refractivity contribution in [3.63, 3.8) is 0 Å². The molecule has 2 N–H and O–H groups in total. The zero-order chi connectivity index (χ0) is 43.1. The van der Waals surface area contributed by atoms with Gasteiger partial charge in [0.15, 0.2) is 0 Å². The third kappa shape index (κ3) is 11.6. The minimum absolute atomic E-state index is 0.0911. The van der Waals surface area contributed by atoms with Crippen molar-refractivity contribution in [2.45, 2.75) is 176 Å². The summed E-state index contributed by atoms with van der Waals surface area (Å²) in [7, 11) is 2.14. The summed E-state index contributed by atoms with van der Waals surface area (Å²) in [5, 5.41) is 6.33. The van der Waals surface area contributed by atoms with Crippen LogP contribution in [-0.4, -0.2) is 59.9 Å². The highest BCUT2D eigenvalue weighted by Gasteiger charge is 2.45. The van der Waals surface area contributed by atoms with Crippen LogP contribution in [0.5, 0.6) is 11.5 Å². The molecule has 2 amide bonds. The molecule has 4 rings (SSSR count). The van der Waals surface area contributed by atoms with E-state index >= 15 is 0 Å². The third-order valence-corrected chi connectivity index (χ3v) is 12.2. The van der Waals surface area contributed by atoms with E-state index in [9.17, 15) is 14.4 Å². The number of amides is 2. The Hall–Kier alpha value is -3.85. The van der Waals surface area contributed by atoms with Crippen molar-refractivity contribution >= 4 is 18.2 Å². The van der Waals surface area contributed by atoms with Crippen LogP contribution in [0.15, 0.2) is 36.9 Å². The van der Waals surface area contributed by atoms with Crippen LogP contribution in [0.4, 0.5) is 9.59 Å². The van der Waals surface area contributed by atoms with Gasteiger partial charge in [-0.3, -0.25) is 4.90 Å². The van der Waals surface area contributed by atoms with Gasteiger partial charge in [-0.2, -0.15) is 0 Å². The van der Waals surface area contributed by atoms with E-state index in [4.69, 9.17) is 14.2 Å². The van der Waals surface area contributed by atoms with Crippen LogP contribution in [0.25, 0.3) is 0 Å². The SMILES string of the molecule is C=CC(=O)Oc1c(Cc2cc(C)cc(C(C)(C)C)c2OC(=O)NC2CC(C)(C)CC(C)(CNC(=O)OC3CC(C)(C)N(C)C(C)(C)C3)C2)cc(C)cc1C(C)(C)C. The molecule has 2 atom stereocenters. The average Bonchev–Trinajstić information content (AvgIpc) is 3.02. The second kappa shape index (κ2) is 16.4. The molecule has 0 bridgehead atoms. The van der Waals surface area contributed by atoms with Crippen LogP contribution < -0.4 is 20.1 Å². The van der Waals surface area contributed by atoms with Crippen LogP contribution >= 0.6 is 0 Å². The molecular formula is C48H73N3O6. The van der Waals surface area contributed by atoms with Crippen molar-refractivity contribution in [1.29, 1.82) is 0 Å². The van der Waals surface area contributed by atoms with Crippen molar-refractivity contribution < 1.29 is 28.6 Å². The Morgan fingerprint density at radius 1 is 0.772 bits per heavy atom. The topological polar surface area (TPSA) is 106 Å². The fourth-order valence-electron chi connectivity index (χ4n) is 9.66. The van der Waals surface area contributed by atoms with Crippen LogP contribution in [0.2, 0.25) is 0 Å². The van der Waals surface area contributed by atoms with Gasteiger partial charge < -0.3 is 24.8 Å². The molecule has 1 heterocycles. The van der Waals surface area contributed by atoms with E-state index < -0.39 is 18.2 Å². The van der Waals surface area contributed by atoms with Crippen molar-refractivity contribution in [3.05, 3.63) is 70.3 Å². The number of carbonyl (C=O) groups excluding carboxylic acids is 3. The number of alkyl carbamates (subject to hydrolysis) is 1. The summed E-state index contributed by atoms with van der Waals surface area (Å²) in [6, 6.07) is 8.05. The van der Waals surface area contributed by atoms with E-state index in [1.54, 1.807) is 0 Å². The molecule has 9 heteroatoms. The molecule has 2 aromatic rings. The smallest absolute Gasteiger partial charge is 0.412 e. The Balaban J connectivity index is 1.57. The first-order valence-corrected chi connectivity index (χ1v) is 20.7. The van der Waals surface area contributed by atoms with Crippen LogP contribution in [0.1, 0.15) is 155 Å². The van der Waals surface area contributed by atoms with Gasteiger partial charge >= 0.3 is 18.2 Å². The van der Waals surface area contributed by atoms with E-state index in [0.717, 1.165) is 59.1 Å². The lowest BCUT2D eigenvalue weighted by Crippen LogP contribution is -2.60. The Bertz CT molecular complexity index is 1830. The third-order valence-electron chi connectivity index (χ3n) is 12.2. The quantitative estimate of drug-likeness (QED) is 0.148. The number of carbonyl (C=O) groups is 3. The molecule has 316 valence electrons. The second-order valence-corrected chi connectivity index (χ2v) is 21.7. The van der Waals surface area contributed by atoms with E-state index in [0.29, 0.717) is 30.9 Å². The summed E-state index contributed by atoms with van der Waals surface area (Å²) >= 11 is 0. The lowest BCUT2D eigenvalue weighted by Gasteiger charge is -2.53. The number of nitrogens with one attached hydrogen (secondary N) is 2. The number of hydrogen-bond acceptors (Lipinski definition) is 7. The molecule has 0 aromatic heterocycles. The zero-order valence-electron chi connectivity index (χ0n) is 38.1. The molecule has 2 aromatic carbocycles. The zero-order valence-corrected chi connectivity index (χ0v) is 38.1. The molecule has 9 nitrogen and oxygen atoms in total. The van der Waals surface area contributed by atoms with E-state index in [1.165, 1.54) is 6.08 Å². The predicted molar refractivity (Wildman–Crippen MR) is 231 cm³/mol. The first-order valence-electron chi connectivity index (χ1n) is 20.7. The molecule has 1 saturated carbocycles. The number of nitrogens with zero attached hydrogens (tertiary/aromatic N) is 1. The minimum atomic E-state index is -0.527. The number of hydrogen-bond donors (Lipinski definition) is 2. The number of benzene rings is 2. The van der Waals surface area contributed by atoms with Crippen molar-refractivity contribution in [1.82, 2.24) is 15.5 Å². The van der Waals surface area contributed by atoms with Gasteiger partial charge in [0.25, 0.3) is 0 Å². The summed E-state index contributed by atoms with van der Waals surface area (Å²) in [4.78, 5) is 42.3. The Morgan fingerprint density at radius 2 is 1.26 bits per heavy atom. The number of ether oxygens (including phenoxy) is 3. The summed E-state index contributed by atoms with van der Waals surface area (Å²) in [6.07, 6.45) is 4.33. The van der Waals surface area contributed by atoms with Gasteiger partial charge in [0.2, 0.25) is 0 Å². The molecule has 2 fully saturated rings. The molecule has 2 unspecified atom stereocenters. The average molecular weight is 788 g/mol. The number of likely N-dealkylation sites (tertiary alicyclic amines) is 1. The highest BCUT2D eigenvalue weighted by molar-refractivity contribution is 5.84. The van der Waals surface area contributed by atoms with Crippen molar-refractivity contribution in [2.24, 2.45) is 10.8 Å². The summed E-state index contributed by atoms with van der Waals surface area (Å²) < 4.78 is 18.4. The Kier molecular flexibility index (Phi) is 13.2. The number of aryl methyl sites for hydroxylation is 2. The van der Waals surface area contributed by atoms with Gasteiger partial charge in [-0.15, -0.1) is 0 Å². The molecular weight excluding hydrogens is 715 g/mol. The highest BCUT2D eigenvalue weighted by atomic mass is 16.6. The molecule has 57 heavy (non-hydrogen) atoms. The van der Waals surface area contributed by atoms with Gasteiger partial charge in [0.1, 0.15) is 17.6 Å². The first-order chi connectivity index (χ1) is 25.9.